The zero-order chi connectivity index (χ0) is 20.0. The molecule has 1 aromatic carbocycles. The summed E-state index contributed by atoms with van der Waals surface area (Å²) < 4.78 is 34.7. The monoisotopic (exact) mass is 414 g/mol. The molecule has 0 atom stereocenters. The highest BCUT2D eigenvalue weighted by molar-refractivity contribution is 7.89. The summed E-state index contributed by atoms with van der Waals surface area (Å²) in [5.41, 5.74) is 1.19. The van der Waals surface area contributed by atoms with E-state index in [1.165, 1.54) is 4.68 Å². The van der Waals surface area contributed by atoms with E-state index in [1.807, 2.05) is 24.3 Å². The Morgan fingerprint density at radius 1 is 1.22 bits per heavy atom. The van der Waals surface area contributed by atoms with E-state index in [0.29, 0.717) is 12.3 Å². The summed E-state index contributed by atoms with van der Waals surface area (Å²) in [6, 6.07) is 7.36. The van der Waals surface area contributed by atoms with Crippen molar-refractivity contribution in [3.05, 3.63) is 40.7 Å². The number of aryl methyl sites for hydroxylation is 2. The van der Waals surface area contributed by atoms with E-state index in [1.54, 1.807) is 14.0 Å². The molecular weight excluding hydrogens is 388 g/mol. The molecule has 9 heteroatoms. The molecule has 0 fully saturated rings. The Hall–Kier alpha value is -1.61. The first-order valence-corrected chi connectivity index (χ1v) is 10.8. The van der Waals surface area contributed by atoms with E-state index < -0.39 is 10.0 Å². The summed E-state index contributed by atoms with van der Waals surface area (Å²) in [5, 5.41) is 4.14. The van der Waals surface area contributed by atoms with Crippen molar-refractivity contribution in [3.63, 3.8) is 0 Å². The lowest BCUT2D eigenvalue weighted by molar-refractivity contribution is 0.223. The molecule has 1 aromatic heterocycles. The van der Waals surface area contributed by atoms with Gasteiger partial charge in [-0.2, -0.15) is 5.10 Å². The van der Waals surface area contributed by atoms with Crippen LogP contribution in [0.2, 0.25) is 5.15 Å². The number of halogens is 1. The van der Waals surface area contributed by atoms with Gasteiger partial charge in [0.05, 0.1) is 5.69 Å². The summed E-state index contributed by atoms with van der Waals surface area (Å²) in [7, 11) is -2.14. The van der Waals surface area contributed by atoms with Crippen molar-refractivity contribution in [1.29, 1.82) is 0 Å². The van der Waals surface area contributed by atoms with Crippen molar-refractivity contribution in [2.24, 2.45) is 7.05 Å². The molecule has 7 nitrogen and oxygen atoms in total. The molecule has 0 aliphatic rings. The number of hydrogen-bond acceptors (Lipinski definition) is 5. The van der Waals surface area contributed by atoms with Crippen LogP contribution in [0.5, 0.6) is 5.75 Å². The van der Waals surface area contributed by atoms with Crippen LogP contribution in [0.1, 0.15) is 25.1 Å². The third-order valence-electron chi connectivity index (χ3n) is 4.33. The number of hydrogen-bond donors (Lipinski definition) is 1. The lowest BCUT2D eigenvalue weighted by Crippen LogP contribution is -2.27. The van der Waals surface area contributed by atoms with Gasteiger partial charge >= 0.3 is 0 Å². The van der Waals surface area contributed by atoms with E-state index in [0.717, 1.165) is 30.9 Å². The van der Waals surface area contributed by atoms with Crippen molar-refractivity contribution < 1.29 is 13.2 Å². The third-order valence-corrected chi connectivity index (χ3v) is 6.43. The topological polar surface area (TPSA) is 76.5 Å². The van der Waals surface area contributed by atoms with Gasteiger partial charge in [0.25, 0.3) is 0 Å². The largest absolute Gasteiger partial charge is 0.492 e. The van der Waals surface area contributed by atoms with E-state index in [2.05, 4.69) is 28.6 Å². The van der Waals surface area contributed by atoms with Crippen molar-refractivity contribution >= 4 is 21.6 Å². The van der Waals surface area contributed by atoms with Crippen LogP contribution in [0.15, 0.2) is 29.2 Å². The smallest absolute Gasteiger partial charge is 0.245 e. The Labute approximate surface area is 166 Å². The highest BCUT2D eigenvalue weighted by Crippen LogP contribution is 2.24. The van der Waals surface area contributed by atoms with E-state index in [-0.39, 0.29) is 16.6 Å². The van der Waals surface area contributed by atoms with Crippen LogP contribution in [0.3, 0.4) is 0 Å². The normalized spacial score (nSPS) is 11.9. The molecular formula is C18H27ClN4O3S. The van der Waals surface area contributed by atoms with Crippen molar-refractivity contribution in [1.82, 2.24) is 19.4 Å². The number of benzene rings is 1. The lowest BCUT2D eigenvalue weighted by Gasteiger charge is -2.18. The summed E-state index contributed by atoms with van der Waals surface area (Å²) in [5.74, 6) is 0.764. The molecule has 0 unspecified atom stereocenters. The molecule has 2 aromatic rings. The maximum Gasteiger partial charge on any atom is 0.245 e. The van der Waals surface area contributed by atoms with Crippen LogP contribution in [-0.2, 0) is 23.6 Å². The molecule has 0 amide bonds. The second-order valence-corrected chi connectivity index (χ2v) is 8.23. The molecule has 27 heavy (non-hydrogen) atoms. The molecule has 1 N–H and O–H groups in total. The molecule has 0 aliphatic heterocycles. The fourth-order valence-electron chi connectivity index (χ4n) is 2.70. The van der Waals surface area contributed by atoms with Gasteiger partial charge in [-0.3, -0.25) is 4.68 Å². The highest BCUT2D eigenvalue weighted by atomic mass is 35.5. The Morgan fingerprint density at radius 3 is 2.37 bits per heavy atom. The van der Waals surface area contributed by atoms with Gasteiger partial charge in [-0.15, -0.1) is 0 Å². The predicted molar refractivity (Wildman–Crippen MR) is 107 cm³/mol. The molecule has 0 spiro atoms. The van der Waals surface area contributed by atoms with Gasteiger partial charge in [0.1, 0.15) is 22.4 Å². The van der Waals surface area contributed by atoms with E-state index in [9.17, 15) is 8.42 Å². The third kappa shape index (κ3) is 5.68. The molecule has 0 radical (unpaired) electrons. The number of nitrogens with one attached hydrogen (secondary N) is 1. The van der Waals surface area contributed by atoms with Gasteiger partial charge in [0.2, 0.25) is 10.0 Å². The number of likely N-dealkylation sites (N-methyl/N-ethyl adjacent to an activating group) is 1. The fraction of sp³-hybridized carbons (Fsp3) is 0.500. The Balaban J connectivity index is 1.93. The van der Waals surface area contributed by atoms with Crippen LogP contribution < -0.4 is 9.46 Å². The van der Waals surface area contributed by atoms with Crippen LogP contribution in [-0.4, -0.2) is 49.3 Å². The maximum absolute atomic E-state index is 12.5. The summed E-state index contributed by atoms with van der Waals surface area (Å²) >= 11 is 6.05. The number of nitrogens with zero attached hydrogens (tertiary/aromatic N) is 3. The minimum absolute atomic E-state index is 0.0167. The summed E-state index contributed by atoms with van der Waals surface area (Å²) in [4.78, 5) is 2.30. The molecule has 0 aliphatic carbocycles. The number of sulfonamides is 1. The van der Waals surface area contributed by atoms with Crippen LogP contribution in [0.4, 0.5) is 0 Å². The zero-order valence-corrected chi connectivity index (χ0v) is 17.8. The first kappa shape index (κ1) is 21.7. The van der Waals surface area contributed by atoms with Crippen molar-refractivity contribution in [2.45, 2.75) is 32.2 Å². The van der Waals surface area contributed by atoms with Gasteiger partial charge < -0.3 is 9.64 Å². The summed E-state index contributed by atoms with van der Waals surface area (Å²) in [6.45, 7) is 9.52. The minimum Gasteiger partial charge on any atom is -0.492 e. The molecule has 2 rings (SSSR count). The average molecular weight is 415 g/mol. The second-order valence-electron chi connectivity index (χ2n) is 6.17. The molecule has 0 bridgehead atoms. The Bertz CT molecular complexity index is 846. The predicted octanol–water partition coefficient (Wildman–Crippen LogP) is 2.58. The first-order chi connectivity index (χ1) is 12.8. The standard InChI is InChI=1S/C18H27ClN4O3S/c1-5-23(6-2)11-12-26-16-9-7-15(8-10-16)13-20-27(24,25)17-14(3)21-22(4)18(17)19/h7-10,20H,5-6,11-13H2,1-4H3. The van der Waals surface area contributed by atoms with Crippen LogP contribution in [0.25, 0.3) is 0 Å². The fourth-order valence-corrected chi connectivity index (χ4v) is 4.47. The van der Waals surface area contributed by atoms with Gasteiger partial charge in [-0.1, -0.05) is 37.6 Å². The van der Waals surface area contributed by atoms with Gasteiger partial charge in [-0.25, -0.2) is 13.1 Å². The van der Waals surface area contributed by atoms with E-state index in [4.69, 9.17) is 16.3 Å². The van der Waals surface area contributed by atoms with Crippen LogP contribution in [0, 0.1) is 6.92 Å². The molecule has 0 saturated carbocycles. The number of rotatable bonds is 10. The van der Waals surface area contributed by atoms with Gasteiger partial charge in [0.15, 0.2) is 0 Å². The van der Waals surface area contributed by atoms with Gasteiger partial charge in [0, 0.05) is 20.1 Å². The van der Waals surface area contributed by atoms with Crippen molar-refractivity contribution in [3.8, 4) is 5.75 Å². The zero-order valence-electron chi connectivity index (χ0n) is 16.2. The lowest BCUT2D eigenvalue weighted by atomic mass is 10.2. The number of aromatic nitrogens is 2. The average Bonchev–Trinajstić information content (AvgIpc) is 2.90. The number of ether oxygens (including phenoxy) is 1. The summed E-state index contributed by atoms with van der Waals surface area (Å²) in [6.07, 6.45) is 0. The van der Waals surface area contributed by atoms with Crippen LogP contribution >= 0.6 is 11.6 Å². The quantitative estimate of drug-likeness (QED) is 0.646. The second kappa shape index (κ2) is 9.54. The molecule has 150 valence electrons. The SMILES string of the molecule is CCN(CC)CCOc1ccc(CNS(=O)(=O)c2c(C)nn(C)c2Cl)cc1. The maximum atomic E-state index is 12.5. The molecule has 1 heterocycles. The van der Waals surface area contributed by atoms with Gasteiger partial charge in [-0.05, 0) is 37.7 Å². The first-order valence-electron chi connectivity index (χ1n) is 8.91. The van der Waals surface area contributed by atoms with Crippen molar-refractivity contribution in [2.75, 3.05) is 26.2 Å². The Morgan fingerprint density at radius 2 is 1.85 bits per heavy atom. The van der Waals surface area contributed by atoms with E-state index >= 15 is 0 Å². The Kier molecular flexibility index (Phi) is 7.67. The molecule has 0 saturated heterocycles. The minimum atomic E-state index is -3.74. The highest BCUT2D eigenvalue weighted by Gasteiger charge is 2.24.